The molecule has 1 aliphatic carbocycles. The van der Waals surface area contributed by atoms with Crippen LogP contribution < -0.4 is 0 Å². The number of benzene rings is 2. The molecule has 0 saturated heterocycles. The molecular formula is C20H19NO. The Morgan fingerprint density at radius 3 is 2.55 bits per heavy atom. The van der Waals surface area contributed by atoms with E-state index in [1.165, 1.54) is 22.3 Å². The first-order valence-electron chi connectivity index (χ1n) is 7.75. The van der Waals surface area contributed by atoms with Crippen LogP contribution in [-0.2, 0) is 11.2 Å². The highest BCUT2D eigenvalue weighted by Crippen LogP contribution is 2.36. The maximum atomic E-state index is 5.89. The number of hydrogen-bond acceptors (Lipinski definition) is 2. The van der Waals surface area contributed by atoms with Crippen LogP contribution in [0.5, 0.6) is 0 Å². The van der Waals surface area contributed by atoms with Crippen molar-refractivity contribution in [3.8, 4) is 0 Å². The minimum absolute atomic E-state index is 0.132. The summed E-state index contributed by atoms with van der Waals surface area (Å²) in [6.45, 7) is 4.87. The second-order valence-electron chi connectivity index (χ2n) is 6.55. The number of fused-ring (bicyclic) bond motifs is 1. The Balaban J connectivity index is 1.85. The van der Waals surface area contributed by atoms with Gasteiger partial charge >= 0.3 is 0 Å². The van der Waals surface area contributed by atoms with Crippen molar-refractivity contribution >= 4 is 11.5 Å². The second-order valence-corrected chi connectivity index (χ2v) is 6.55. The highest BCUT2D eigenvalue weighted by atomic mass is 16.5. The van der Waals surface area contributed by atoms with E-state index in [1.54, 1.807) is 0 Å². The van der Waals surface area contributed by atoms with Crippen molar-refractivity contribution in [1.29, 1.82) is 0 Å². The van der Waals surface area contributed by atoms with Gasteiger partial charge in [0.15, 0.2) is 0 Å². The maximum absolute atomic E-state index is 5.89. The summed E-state index contributed by atoms with van der Waals surface area (Å²) in [5.74, 6) is 0.783. The van der Waals surface area contributed by atoms with Gasteiger partial charge in [-0.3, -0.25) is 0 Å². The Labute approximate surface area is 131 Å². The summed E-state index contributed by atoms with van der Waals surface area (Å²) in [5, 5.41) is 0. The van der Waals surface area contributed by atoms with Gasteiger partial charge in [-0.15, -0.1) is 0 Å². The number of aliphatic imine (C=N–C) groups is 1. The topological polar surface area (TPSA) is 21.6 Å². The molecule has 0 radical (unpaired) electrons. The molecule has 0 bridgehead atoms. The summed E-state index contributed by atoms with van der Waals surface area (Å²) >= 11 is 0. The molecule has 0 saturated carbocycles. The zero-order chi connectivity index (χ0) is 15.2. The van der Waals surface area contributed by atoms with Crippen LogP contribution in [-0.4, -0.2) is 18.0 Å². The van der Waals surface area contributed by atoms with Gasteiger partial charge in [0.05, 0.1) is 5.54 Å². The first-order chi connectivity index (χ1) is 10.6. The Morgan fingerprint density at radius 2 is 1.82 bits per heavy atom. The van der Waals surface area contributed by atoms with Crippen LogP contribution in [0, 0.1) is 0 Å². The van der Waals surface area contributed by atoms with E-state index >= 15 is 0 Å². The van der Waals surface area contributed by atoms with E-state index in [0.717, 1.165) is 17.9 Å². The lowest BCUT2D eigenvalue weighted by atomic mass is 9.94. The van der Waals surface area contributed by atoms with Gasteiger partial charge in [0.1, 0.15) is 6.61 Å². The van der Waals surface area contributed by atoms with Crippen molar-refractivity contribution in [2.24, 2.45) is 4.99 Å². The maximum Gasteiger partial charge on any atom is 0.217 e. The summed E-state index contributed by atoms with van der Waals surface area (Å²) in [6.07, 6.45) is 3.29. The van der Waals surface area contributed by atoms with Gasteiger partial charge in [0, 0.05) is 5.56 Å². The summed E-state index contributed by atoms with van der Waals surface area (Å²) in [6, 6.07) is 17.0. The molecule has 0 N–H and O–H groups in total. The van der Waals surface area contributed by atoms with E-state index in [0.29, 0.717) is 6.61 Å². The molecule has 2 heteroatoms. The number of ether oxygens (including phenoxy) is 1. The van der Waals surface area contributed by atoms with Crippen LogP contribution in [0.15, 0.2) is 59.6 Å². The third-order valence-corrected chi connectivity index (χ3v) is 4.23. The predicted octanol–water partition coefficient (Wildman–Crippen LogP) is 4.23. The Hall–Kier alpha value is -2.35. The molecule has 4 rings (SSSR count). The molecule has 0 unspecified atom stereocenters. The Kier molecular flexibility index (Phi) is 2.93. The molecule has 1 heterocycles. The lowest BCUT2D eigenvalue weighted by Crippen LogP contribution is -2.17. The largest absolute Gasteiger partial charge is 0.475 e. The standard InChI is InChI=1S/C20H19NO/c1-20(2)13-22-19(21-20)17-10-6-9-15-11-12-16(18(15)17)14-7-4-3-5-8-14/h3-10,12H,11,13H2,1-2H3. The highest BCUT2D eigenvalue weighted by Gasteiger charge is 2.30. The minimum atomic E-state index is -0.132. The van der Waals surface area contributed by atoms with Crippen LogP contribution in [0.2, 0.25) is 0 Å². The molecule has 22 heavy (non-hydrogen) atoms. The van der Waals surface area contributed by atoms with Crippen molar-refractivity contribution in [2.45, 2.75) is 25.8 Å². The molecule has 1 aliphatic heterocycles. The van der Waals surface area contributed by atoms with Gasteiger partial charge < -0.3 is 4.74 Å². The fraction of sp³-hybridized carbons (Fsp3) is 0.250. The van der Waals surface area contributed by atoms with Crippen LogP contribution >= 0.6 is 0 Å². The molecular weight excluding hydrogens is 270 g/mol. The van der Waals surface area contributed by atoms with Crippen LogP contribution in [0.4, 0.5) is 0 Å². The predicted molar refractivity (Wildman–Crippen MR) is 90.2 cm³/mol. The SMILES string of the molecule is CC1(C)COC(c2cccc3c2C(c2ccccc2)=CC3)=N1. The van der Waals surface area contributed by atoms with E-state index in [-0.39, 0.29) is 5.54 Å². The van der Waals surface area contributed by atoms with E-state index in [2.05, 4.69) is 68.5 Å². The Morgan fingerprint density at radius 1 is 1.00 bits per heavy atom. The van der Waals surface area contributed by atoms with Gasteiger partial charge in [-0.05, 0) is 48.6 Å². The smallest absolute Gasteiger partial charge is 0.217 e. The first-order valence-corrected chi connectivity index (χ1v) is 7.75. The highest BCUT2D eigenvalue weighted by molar-refractivity contribution is 6.03. The van der Waals surface area contributed by atoms with Crippen LogP contribution in [0.1, 0.15) is 36.1 Å². The normalized spacial score (nSPS) is 18.5. The molecule has 110 valence electrons. The van der Waals surface area contributed by atoms with Gasteiger partial charge in [-0.1, -0.05) is 48.5 Å². The molecule has 0 aromatic heterocycles. The Bertz CT molecular complexity index is 785. The lowest BCUT2D eigenvalue weighted by molar-refractivity contribution is 0.279. The van der Waals surface area contributed by atoms with E-state index in [4.69, 9.17) is 9.73 Å². The number of hydrogen-bond donors (Lipinski definition) is 0. The van der Waals surface area contributed by atoms with Gasteiger partial charge in [-0.2, -0.15) is 0 Å². The van der Waals surface area contributed by atoms with Crippen LogP contribution in [0.3, 0.4) is 0 Å². The molecule has 0 atom stereocenters. The molecule has 0 fully saturated rings. The first kappa shape index (κ1) is 13.3. The summed E-state index contributed by atoms with van der Waals surface area (Å²) in [4.78, 5) is 4.76. The minimum Gasteiger partial charge on any atom is -0.475 e. The van der Waals surface area contributed by atoms with Crippen molar-refractivity contribution in [2.75, 3.05) is 6.61 Å². The quantitative estimate of drug-likeness (QED) is 0.810. The third-order valence-electron chi connectivity index (χ3n) is 4.23. The zero-order valence-electron chi connectivity index (χ0n) is 13.0. The molecule has 2 nitrogen and oxygen atoms in total. The van der Waals surface area contributed by atoms with Gasteiger partial charge in [-0.25, -0.2) is 4.99 Å². The van der Waals surface area contributed by atoms with Crippen LogP contribution in [0.25, 0.3) is 5.57 Å². The number of allylic oxidation sites excluding steroid dienone is 1. The van der Waals surface area contributed by atoms with Gasteiger partial charge in [0.2, 0.25) is 5.90 Å². The molecule has 2 aromatic rings. The van der Waals surface area contributed by atoms with Crippen molar-refractivity contribution in [3.05, 3.63) is 76.9 Å². The molecule has 0 spiro atoms. The van der Waals surface area contributed by atoms with E-state index in [1.807, 2.05) is 0 Å². The molecule has 2 aliphatic rings. The van der Waals surface area contributed by atoms with E-state index < -0.39 is 0 Å². The average Bonchev–Trinajstić information content (AvgIpc) is 3.11. The second kappa shape index (κ2) is 4.84. The van der Waals surface area contributed by atoms with Gasteiger partial charge in [0.25, 0.3) is 0 Å². The summed E-state index contributed by atoms with van der Waals surface area (Å²) < 4.78 is 5.89. The zero-order valence-corrected chi connectivity index (χ0v) is 13.0. The van der Waals surface area contributed by atoms with E-state index in [9.17, 15) is 0 Å². The summed E-state index contributed by atoms with van der Waals surface area (Å²) in [5.41, 5.74) is 6.18. The third kappa shape index (κ3) is 2.16. The fourth-order valence-corrected chi connectivity index (χ4v) is 3.18. The lowest BCUT2D eigenvalue weighted by Gasteiger charge is -2.12. The molecule has 2 aromatic carbocycles. The summed E-state index contributed by atoms with van der Waals surface area (Å²) in [7, 11) is 0. The average molecular weight is 289 g/mol. The number of nitrogens with zero attached hydrogens (tertiary/aromatic N) is 1. The fourth-order valence-electron chi connectivity index (χ4n) is 3.18. The van der Waals surface area contributed by atoms with Crippen molar-refractivity contribution < 1.29 is 4.74 Å². The molecule has 0 amide bonds. The monoisotopic (exact) mass is 289 g/mol. The van der Waals surface area contributed by atoms with Crippen molar-refractivity contribution in [1.82, 2.24) is 0 Å². The van der Waals surface area contributed by atoms with Crippen molar-refractivity contribution in [3.63, 3.8) is 0 Å². The number of rotatable bonds is 2.